The van der Waals surface area contributed by atoms with Crippen LogP contribution in [0.3, 0.4) is 0 Å². The Balaban J connectivity index is 1.47. The third-order valence-corrected chi connectivity index (χ3v) is 4.96. The molecule has 0 aliphatic rings. The van der Waals surface area contributed by atoms with Crippen LogP contribution in [-0.2, 0) is 17.6 Å². The Morgan fingerprint density at radius 3 is 2.92 bits per heavy atom. The molecule has 3 rings (SSSR count). The first-order valence-corrected chi connectivity index (χ1v) is 9.44. The number of carbonyl (C=O) groups is 1. The number of hydrogen-bond donors (Lipinski definition) is 1. The molecule has 0 atom stereocenters. The molecular formula is C17H20ClN5OS. The molecule has 1 aromatic carbocycles. The largest absolute Gasteiger partial charge is 0.356 e. The lowest BCUT2D eigenvalue weighted by Crippen LogP contribution is -2.25. The van der Waals surface area contributed by atoms with E-state index in [-0.39, 0.29) is 11.8 Å². The van der Waals surface area contributed by atoms with Crippen molar-refractivity contribution in [2.75, 3.05) is 6.54 Å². The molecule has 0 aliphatic carbocycles. The van der Waals surface area contributed by atoms with E-state index in [4.69, 9.17) is 11.6 Å². The summed E-state index contributed by atoms with van der Waals surface area (Å²) in [6.07, 6.45) is 1.78. The molecule has 2 aromatic heterocycles. The van der Waals surface area contributed by atoms with Gasteiger partial charge in [0, 0.05) is 30.3 Å². The lowest BCUT2D eigenvalue weighted by Gasteiger charge is -2.05. The van der Waals surface area contributed by atoms with Gasteiger partial charge in [-0.1, -0.05) is 48.9 Å². The first-order valence-electron chi connectivity index (χ1n) is 8.25. The maximum atomic E-state index is 12.0. The number of fused-ring (bicyclic) bond motifs is 1. The SMILES string of the molecule is CC(C)c1nnc2sc(CCC(=O)NCCc3cccc(Cl)c3)nn12. The number of rotatable bonds is 7. The van der Waals surface area contributed by atoms with E-state index in [0.29, 0.717) is 24.4 Å². The smallest absolute Gasteiger partial charge is 0.234 e. The van der Waals surface area contributed by atoms with Crippen molar-refractivity contribution in [3.63, 3.8) is 0 Å². The van der Waals surface area contributed by atoms with Crippen LogP contribution in [0.5, 0.6) is 0 Å². The van der Waals surface area contributed by atoms with Crippen molar-refractivity contribution in [2.45, 2.75) is 39.0 Å². The van der Waals surface area contributed by atoms with Crippen LogP contribution in [0.1, 0.15) is 42.6 Å². The monoisotopic (exact) mass is 377 g/mol. The minimum atomic E-state index is 0.0251. The van der Waals surface area contributed by atoms with Gasteiger partial charge in [0.15, 0.2) is 5.82 Å². The predicted molar refractivity (Wildman–Crippen MR) is 99.2 cm³/mol. The van der Waals surface area contributed by atoms with Crippen molar-refractivity contribution in [1.29, 1.82) is 0 Å². The number of nitrogens with one attached hydrogen (secondary N) is 1. The average Bonchev–Trinajstić information content (AvgIpc) is 3.12. The second kappa shape index (κ2) is 7.93. The zero-order chi connectivity index (χ0) is 17.8. The molecule has 6 nitrogen and oxygen atoms in total. The predicted octanol–water partition coefficient (Wildman–Crippen LogP) is 3.25. The topological polar surface area (TPSA) is 72.2 Å². The quantitative estimate of drug-likeness (QED) is 0.686. The summed E-state index contributed by atoms with van der Waals surface area (Å²) in [7, 11) is 0. The number of amides is 1. The van der Waals surface area contributed by atoms with Gasteiger partial charge in [-0.2, -0.15) is 9.61 Å². The maximum Gasteiger partial charge on any atom is 0.234 e. The van der Waals surface area contributed by atoms with Gasteiger partial charge >= 0.3 is 0 Å². The van der Waals surface area contributed by atoms with E-state index in [1.54, 1.807) is 4.52 Å². The number of carbonyl (C=O) groups excluding carboxylic acids is 1. The van der Waals surface area contributed by atoms with Crippen molar-refractivity contribution >= 4 is 33.8 Å². The number of aromatic nitrogens is 4. The summed E-state index contributed by atoms with van der Waals surface area (Å²) in [4.78, 5) is 12.8. The van der Waals surface area contributed by atoms with E-state index in [1.807, 2.05) is 24.3 Å². The van der Waals surface area contributed by atoms with Gasteiger partial charge in [-0.05, 0) is 24.1 Å². The zero-order valence-electron chi connectivity index (χ0n) is 14.2. The van der Waals surface area contributed by atoms with Gasteiger partial charge in [-0.15, -0.1) is 10.2 Å². The summed E-state index contributed by atoms with van der Waals surface area (Å²) >= 11 is 7.44. The normalized spacial score (nSPS) is 11.4. The van der Waals surface area contributed by atoms with E-state index < -0.39 is 0 Å². The Morgan fingerprint density at radius 1 is 1.32 bits per heavy atom. The first-order chi connectivity index (χ1) is 12.0. The summed E-state index contributed by atoms with van der Waals surface area (Å²) in [6, 6.07) is 7.68. The van der Waals surface area contributed by atoms with Gasteiger partial charge in [-0.25, -0.2) is 0 Å². The lowest BCUT2D eigenvalue weighted by atomic mass is 10.1. The highest BCUT2D eigenvalue weighted by atomic mass is 35.5. The third-order valence-electron chi connectivity index (χ3n) is 3.76. The Morgan fingerprint density at radius 2 is 2.16 bits per heavy atom. The zero-order valence-corrected chi connectivity index (χ0v) is 15.8. The molecule has 132 valence electrons. The van der Waals surface area contributed by atoms with Gasteiger partial charge in [-0.3, -0.25) is 4.79 Å². The molecule has 0 radical (unpaired) electrons. The van der Waals surface area contributed by atoms with E-state index in [2.05, 4.69) is 34.5 Å². The molecular weight excluding hydrogens is 358 g/mol. The highest BCUT2D eigenvalue weighted by Crippen LogP contribution is 2.19. The van der Waals surface area contributed by atoms with Crippen molar-refractivity contribution in [3.8, 4) is 0 Å². The van der Waals surface area contributed by atoms with Gasteiger partial charge < -0.3 is 5.32 Å². The van der Waals surface area contributed by atoms with Crippen LogP contribution < -0.4 is 5.32 Å². The number of halogens is 1. The van der Waals surface area contributed by atoms with Crippen molar-refractivity contribution < 1.29 is 4.79 Å². The Kier molecular flexibility index (Phi) is 5.65. The molecule has 3 aromatic rings. The van der Waals surface area contributed by atoms with Crippen LogP contribution in [-0.4, -0.2) is 32.3 Å². The standard InChI is InChI=1S/C17H20ClN5OS/c1-11(2)16-20-21-17-23(16)22-15(25-17)7-6-14(24)19-9-8-12-4-3-5-13(18)10-12/h3-5,10-11H,6-9H2,1-2H3,(H,19,24). The van der Waals surface area contributed by atoms with Crippen LogP contribution in [0.2, 0.25) is 5.02 Å². The van der Waals surface area contributed by atoms with Crippen molar-refractivity contribution in [2.24, 2.45) is 0 Å². The molecule has 25 heavy (non-hydrogen) atoms. The second-order valence-corrected chi connectivity index (χ2v) is 7.61. The number of benzene rings is 1. The molecule has 0 saturated heterocycles. The highest BCUT2D eigenvalue weighted by Gasteiger charge is 2.14. The minimum absolute atomic E-state index is 0.0251. The van der Waals surface area contributed by atoms with E-state index in [1.165, 1.54) is 11.3 Å². The summed E-state index contributed by atoms with van der Waals surface area (Å²) in [5.41, 5.74) is 1.11. The maximum absolute atomic E-state index is 12.0. The Hall–Kier alpha value is -1.99. The van der Waals surface area contributed by atoms with Crippen LogP contribution in [0.15, 0.2) is 24.3 Å². The number of hydrogen-bond acceptors (Lipinski definition) is 5. The molecule has 1 amide bonds. The summed E-state index contributed by atoms with van der Waals surface area (Å²) in [5.74, 6) is 1.14. The average molecular weight is 378 g/mol. The van der Waals surface area contributed by atoms with Crippen molar-refractivity contribution in [1.82, 2.24) is 25.1 Å². The molecule has 0 unspecified atom stereocenters. The number of aryl methyl sites for hydroxylation is 1. The molecule has 2 heterocycles. The Bertz CT molecular complexity index is 873. The lowest BCUT2D eigenvalue weighted by molar-refractivity contribution is -0.121. The molecule has 0 fully saturated rings. The number of nitrogens with zero attached hydrogens (tertiary/aromatic N) is 4. The molecule has 0 bridgehead atoms. The van der Waals surface area contributed by atoms with Gasteiger partial charge in [0.25, 0.3) is 0 Å². The Labute approximate surface area is 155 Å². The summed E-state index contributed by atoms with van der Waals surface area (Å²) < 4.78 is 1.78. The fourth-order valence-corrected chi connectivity index (χ4v) is 3.53. The molecule has 8 heteroatoms. The van der Waals surface area contributed by atoms with Gasteiger partial charge in [0.1, 0.15) is 5.01 Å². The molecule has 1 N–H and O–H groups in total. The fraction of sp³-hybridized carbons (Fsp3) is 0.412. The van der Waals surface area contributed by atoms with Crippen LogP contribution >= 0.6 is 22.9 Å². The van der Waals surface area contributed by atoms with Crippen LogP contribution in [0.4, 0.5) is 0 Å². The minimum Gasteiger partial charge on any atom is -0.356 e. The second-order valence-electron chi connectivity index (χ2n) is 6.13. The van der Waals surface area contributed by atoms with Gasteiger partial charge in [0.05, 0.1) is 0 Å². The molecule has 0 aliphatic heterocycles. The van der Waals surface area contributed by atoms with E-state index in [0.717, 1.165) is 27.8 Å². The molecule has 0 spiro atoms. The van der Waals surface area contributed by atoms with E-state index in [9.17, 15) is 4.79 Å². The van der Waals surface area contributed by atoms with Crippen LogP contribution in [0.25, 0.3) is 4.96 Å². The van der Waals surface area contributed by atoms with E-state index >= 15 is 0 Å². The molecule has 0 saturated carbocycles. The van der Waals surface area contributed by atoms with Crippen molar-refractivity contribution in [3.05, 3.63) is 45.7 Å². The third kappa shape index (κ3) is 4.55. The summed E-state index contributed by atoms with van der Waals surface area (Å²) in [5, 5.41) is 17.3. The van der Waals surface area contributed by atoms with Crippen LogP contribution in [0, 0.1) is 0 Å². The van der Waals surface area contributed by atoms with Gasteiger partial charge in [0.2, 0.25) is 10.9 Å². The summed E-state index contributed by atoms with van der Waals surface area (Å²) in [6.45, 7) is 4.72. The fourth-order valence-electron chi connectivity index (χ4n) is 2.48. The highest BCUT2D eigenvalue weighted by molar-refractivity contribution is 7.16. The first kappa shape index (κ1) is 17.8.